The Hall–Kier alpha value is -3.55. The molecule has 1 aromatic carbocycles. The van der Waals surface area contributed by atoms with Crippen molar-refractivity contribution in [1.29, 1.82) is 0 Å². The molecular weight excluding hydrogens is 310 g/mol. The minimum atomic E-state index is -0.465. The van der Waals surface area contributed by atoms with E-state index in [4.69, 9.17) is 4.52 Å². The summed E-state index contributed by atoms with van der Waals surface area (Å²) in [7, 11) is 0. The van der Waals surface area contributed by atoms with E-state index in [9.17, 15) is 10.1 Å². The number of nitrogens with zero attached hydrogens (tertiary/aromatic N) is 4. The minimum absolute atomic E-state index is 0.0736. The Kier molecular flexibility index (Phi) is 4.28. The molecule has 3 aromatic rings. The van der Waals surface area contributed by atoms with Crippen LogP contribution in [0.1, 0.15) is 0 Å². The van der Waals surface area contributed by atoms with Crippen LogP contribution < -0.4 is 5.32 Å². The molecular formula is C16H13N5O3. The van der Waals surface area contributed by atoms with Crippen molar-refractivity contribution in [3.05, 3.63) is 65.5 Å². The van der Waals surface area contributed by atoms with E-state index in [0.717, 1.165) is 0 Å². The third kappa shape index (κ3) is 3.12. The molecule has 120 valence electrons. The first-order valence-electron chi connectivity index (χ1n) is 7.06. The van der Waals surface area contributed by atoms with Crippen LogP contribution in [0.3, 0.4) is 0 Å². The molecule has 0 atom stereocenters. The lowest BCUT2D eigenvalue weighted by Gasteiger charge is -2.05. The number of anilines is 1. The molecule has 0 amide bonds. The summed E-state index contributed by atoms with van der Waals surface area (Å²) in [5.41, 5.74) is 1.49. The highest BCUT2D eigenvalue weighted by Gasteiger charge is 2.18. The average Bonchev–Trinajstić information content (AvgIpc) is 3.10. The van der Waals surface area contributed by atoms with Crippen molar-refractivity contribution < 1.29 is 9.45 Å². The number of nitro benzene ring substituents is 1. The van der Waals surface area contributed by atoms with E-state index >= 15 is 0 Å². The molecule has 0 aliphatic heterocycles. The molecule has 24 heavy (non-hydrogen) atoms. The van der Waals surface area contributed by atoms with E-state index < -0.39 is 4.92 Å². The second-order valence-electron chi connectivity index (χ2n) is 4.82. The Labute approximate surface area is 137 Å². The maximum atomic E-state index is 11.3. The largest absolute Gasteiger partial charge is 0.376 e. The van der Waals surface area contributed by atoms with E-state index in [1.165, 1.54) is 6.07 Å². The van der Waals surface area contributed by atoms with Crippen molar-refractivity contribution in [2.45, 2.75) is 0 Å². The molecule has 1 N–H and O–H groups in total. The van der Waals surface area contributed by atoms with Gasteiger partial charge in [0.2, 0.25) is 5.82 Å². The first kappa shape index (κ1) is 15.3. The maximum Gasteiger partial charge on any atom is 0.293 e. The van der Waals surface area contributed by atoms with Gasteiger partial charge in [-0.1, -0.05) is 11.2 Å². The summed E-state index contributed by atoms with van der Waals surface area (Å²) < 4.78 is 5.21. The molecule has 0 fully saturated rings. The van der Waals surface area contributed by atoms with Crippen LogP contribution in [0.2, 0.25) is 0 Å². The van der Waals surface area contributed by atoms with Crippen molar-refractivity contribution in [2.24, 2.45) is 0 Å². The predicted molar refractivity (Wildman–Crippen MR) is 88.3 cm³/mol. The van der Waals surface area contributed by atoms with Gasteiger partial charge in [-0.2, -0.15) is 4.98 Å². The lowest BCUT2D eigenvalue weighted by atomic mass is 10.1. The summed E-state index contributed by atoms with van der Waals surface area (Å²) in [6.07, 6.45) is 4.87. The highest BCUT2D eigenvalue weighted by atomic mass is 16.6. The first-order chi connectivity index (χ1) is 11.7. The van der Waals surface area contributed by atoms with Gasteiger partial charge in [-0.25, -0.2) is 0 Å². The Morgan fingerprint density at radius 2 is 2.21 bits per heavy atom. The van der Waals surface area contributed by atoms with Gasteiger partial charge in [-0.05, 0) is 24.3 Å². The van der Waals surface area contributed by atoms with Crippen molar-refractivity contribution in [2.75, 3.05) is 11.9 Å². The Balaban J connectivity index is 1.95. The fourth-order valence-corrected chi connectivity index (χ4v) is 2.10. The van der Waals surface area contributed by atoms with E-state index in [1.807, 2.05) is 0 Å². The molecule has 8 nitrogen and oxygen atoms in total. The van der Waals surface area contributed by atoms with Gasteiger partial charge >= 0.3 is 0 Å². The number of benzene rings is 1. The molecule has 8 heteroatoms. The summed E-state index contributed by atoms with van der Waals surface area (Å²) in [4.78, 5) is 19.1. The summed E-state index contributed by atoms with van der Waals surface area (Å²) in [6, 6.07) is 8.23. The van der Waals surface area contributed by atoms with Crippen molar-refractivity contribution >= 4 is 11.4 Å². The molecule has 0 radical (unpaired) electrons. The Bertz CT molecular complexity index is 876. The number of hydrogen-bond donors (Lipinski definition) is 1. The fourth-order valence-electron chi connectivity index (χ4n) is 2.10. The van der Waals surface area contributed by atoms with Gasteiger partial charge < -0.3 is 9.84 Å². The quantitative estimate of drug-likeness (QED) is 0.421. The van der Waals surface area contributed by atoms with Crippen molar-refractivity contribution in [3.63, 3.8) is 0 Å². The van der Waals surface area contributed by atoms with Crippen LogP contribution in [0.5, 0.6) is 0 Å². The summed E-state index contributed by atoms with van der Waals surface area (Å²) in [6.45, 7) is 4.00. The van der Waals surface area contributed by atoms with Crippen LogP contribution in [-0.2, 0) is 0 Å². The lowest BCUT2D eigenvalue weighted by molar-refractivity contribution is -0.383. The molecule has 0 spiro atoms. The summed E-state index contributed by atoms with van der Waals surface area (Å²) >= 11 is 0. The van der Waals surface area contributed by atoms with Crippen molar-refractivity contribution in [1.82, 2.24) is 15.1 Å². The number of hydrogen-bond acceptors (Lipinski definition) is 7. The fraction of sp³-hybridized carbons (Fsp3) is 0.0625. The van der Waals surface area contributed by atoms with Crippen LogP contribution in [0.4, 0.5) is 11.4 Å². The van der Waals surface area contributed by atoms with Crippen LogP contribution in [0, 0.1) is 10.1 Å². The minimum Gasteiger partial charge on any atom is -0.376 e. The first-order valence-corrected chi connectivity index (χ1v) is 7.06. The third-order valence-corrected chi connectivity index (χ3v) is 3.22. The maximum absolute atomic E-state index is 11.3. The zero-order valence-corrected chi connectivity index (χ0v) is 12.5. The Morgan fingerprint density at radius 3 is 2.92 bits per heavy atom. The SMILES string of the molecule is C=CCNc1ccc(-c2nc(-c3cccnc3)no2)cc1[N+](=O)[O-]. The van der Waals surface area contributed by atoms with Crippen LogP contribution in [0.15, 0.2) is 59.9 Å². The summed E-state index contributed by atoms with van der Waals surface area (Å²) in [5, 5.41) is 18.1. The number of nitrogens with one attached hydrogen (secondary N) is 1. The monoisotopic (exact) mass is 323 g/mol. The van der Waals surface area contributed by atoms with E-state index in [1.54, 1.807) is 42.7 Å². The van der Waals surface area contributed by atoms with Crippen LogP contribution in [0.25, 0.3) is 22.8 Å². The topological polar surface area (TPSA) is 107 Å². The van der Waals surface area contributed by atoms with Gasteiger partial charge in [-0.3, -0.25) is 15.1 Å². The standard InChI is InChI=1S/C16H13N5O3/c1-2-7-18-13-6-5-11(9-14(13)21(22)23)16-19-15(20-24-16)12-4-3-8-17-10-12/h2-6,8-10,18H,1,7H2. The van der Waals surface area contributed by atoms with Gasteiger partial charge in [0.15, 0.2) is 0 Å². The zero-order valence-electron chi connectivity index (χ0n) is 12.5. The number of aromatic nitrogens is 3. The van der Waals surface area contributed by atoms with Gasteiger partial charge in [0.25, 0.3) is 11.6 Å². The van der Waals surface area contributed by atoms with E-state index in [2.05, 4.69) is 27.0 Å². The highest BCUT2D eigenvalue weighted by Crippen LogP contribution is 2.30. The van der Waals surface area contributed by atoms with E-state index in [-0.39, 0.29) is 11.6 Å². The molecule has 2 heterocycles. The van der Waals surface area contributed by atoms with Gasteiger partial charge in [-0.15, -0.1) is 6.58 Å². The number of pyridine rings is 1. The van der Waals surface area contributed by atoms with Crippen LogP contribution >= 0.6 is 0 Å². The Morgan fingerprint density at radius 1 is 1.33 bits per heavy atom. The van der Waals surface area contributed by atoms with Gasteiger partial charge in [0.05, 0.1) is 4.92 Å². The zero-order chi connectivity index (χ0) is 16.9. The van der Waals surface area contributed by atoms with Gasteiger partial charge in [0.1, 0.15) is 5.69 Å². The van der Waals surface area contributed by atoms with Crippen LogP contribution in [-0.4, -0.2) is 26.6 Å². The number of nitro groups is 1. The average molecular weight is 323 g/mol. The predicted octanol–water partition coefficient (Wildman–Crippen LogP) is 3.30. The van der Waals surface area contributed by atoms with Crippen molar-refractivity contribution in [3.8, 4) is 22.8 Å². The number of rotatable bonds is 6. The molecule has 2 aromatic heterocycles. The molecule has 0 bridgehead atoms. The molecule has 0 aliphatic rings. The molecule has 3 rings (SSSR count). The smallest absolute Gasteiger partial charge is 0.293 e. The van der Waals surface area contributed by atoms with E-state index in [0.29, 0.717) is 29.2 Å². The highest BCUT2D eigenvalue weighted by molar-refractivity contribution is 5.70. The third-order valence-electron chi connectivity index (χ3n) is 3.22. The second-order valence-corrected chi connectivity index (χ2v) is 4.82. The van der Waals surface area contributed by atoms with Gasteiger partial charge in [0, 0.05) is 36.1 Å². The molecule has 0 saturated heterocycles. The normalized spacial score (nSPS) is 10.3. The lowest BCUT2D eigenvalue weighted by Crippen LogP contribution is -2.02. The summed E-state index contributed by atoms with van der Waals surface area (Å²) in [5.74, 6) is 0.571. The molecule has 0 unspecified atom stereocenters. The second kappa shape index (κ2) is 6.69. The molecule has 0 aliphatic carbocycles. The molecule has 0 saturated carbocycles.